The summed E-state index contributed by atoms with van der Waals surface area (Å²) in [5, 5.41) is 17.9. The lowest BCUT2D eigenvalue weighted by molar-refractivity contribution is 0.0954. The molecule has 1 rings (SSSR count). The topological polar surface area (TPSA) is 49.7 Å². The second-order valence-electron chi connectivity index (χ2n) is 2.47. The zero-order valence-electron chi connectivity index (χ0n) is 7.40. The van der Waals surface area contributed by atoms with Crippen molar-refractivity contribution >= 4 is 13.5 Å². The second-order valence-corrected chi connectivity index (χ2v) is 2.47. The van der Waals surface area contributed by atoms with Gasteiger partial charge in [-0.25, -0.2) is 0 Å². The predicted molar refractivity (Wildman–Crippen MR) is 55.4 cm³/mol. The van der Waals surface area contributed by atoms with E-state index in [2.05, 4.69) is 0 Å². The van der Waals surface area contributed by atoms with E-state index in [-0.39, 0.29) is 20.1 Å². The van der Waals surface area contributed by atoms with E-state index in [9.17, 15) is 5.11 Å². The summed E-state index contributed by atoms with van der Waals surface area (Å²) < 4.78 is 4.96. The van der Waals surface area contributed by atoms with Crippen molar-refractivity contribution in [3.8, 4) is 5.75 Å². The Labute approximate surface area is 84.4 Å². The minimum absolute atomic E-state index is 0. The van der Waals surface area contributed by atoms with Crippen molar-refractivity contribution < 1.29 is 14.9 Å². The molecule has 2 N–H and O–H groups in total. The van der Waals surface area contributed by atoms with Crippen LogP contribution >= 0.6 is 13.5 Å². The molecule has 0 saturated heterocycles. The maximum absolute atomic E-state index is 9.24. The molecule has 0 bridgehead atoms. The molecular formula is C9H14O3S. The Bertz CT molecular complexity index is 252. The first-order chi connectivity index (χ1) is 5.77. The minimum atomic E-state index is -0.819. The standard InChI is InChI=1S/C9H12O3.H2S/c1-12-8-4-2-3-7(5-8)9(11)6-10;/h2-5,9-11H,6H2,1H3;1H2/t9-;/m1./s1. The molecular weight excluding hydrogens is 188 g/mol. The molecule has 0 amide bonds. The van der Waals surface area contributed by atoms with Crippen molar-refractivity contribution in [1.29, 1.82) is 0 Å². The highest BCUT2D eigenvalue weighted by Gasteiger charge is 2.05. The number of ether oxygens (including phenoxy) is 1. The van der Waals surface area contributed by atoms with Crippen LogP contribution in [0, 0.1) is 0 Å². The summed E-state index contributed by atoms with van der Waals surface area (Å²) in [5.74, 6) is 0.681. The van der Waals surface area contributed by atoms with Gasteiger partial charge in [0.05, 0.1) is 13.7 Å². The Morgan fingerprint density at radius 3 is 2.69 bits per heavy atom. The lowest BCUT2D eigenvalue weighted by Crippen LogP contribution is -2.02. The molecule has 0 radical (unpaired) electrons. The van der Waals surface area contributed by atoms with Crippen molar-refractivity contribution in [1.82, 2.24) is 0 Å². The summed E-state index contributed by atoms with van der Waals surface area (Å²) in [5.41, 5.74) is 0.664. The maximum Gasteiger partial charge on any atom is 0.119 e. The normalized spacial score (nSPS) is 11.6. The molecule has 4 heteroatoms. The third-order valence-corrected chi connectivity index (χ3v) is 1.65. The fraction of sp³-hybridized carbons (Fsp3) is 0.333. The number of benzene rings is 1. The predicted octanol–water partition coefficient (Wildman–Crippen LogP) is 0.834. The quantitative estimate of drug-likeness (QED) is 0.763. The maximum atomic E-state index is 9.24. The van der Waals surface area contributed by atoms with Crippen LogP contribution in [0.2, 0.25) is 0 Å². The van der Waals surface area contributed by atoms with Crippen molar-refractivity contribution in [2.24, 2.45) is 0 Å². The summed E-state index contributed by atoms with van der Waals surface area (Å²) in [6, 6.07) is 6.99. The zero-order chi connectivity index (χ0) is 8.97. The van der Waals surface area contributed by atoms with Crippen LogP contribution in [-0.4, -0.2) is 23.9 Å². The Morgan fingerprint density at radius 2 is 2.15 bits per heavy atom. The molecule has 0 aliphatic rings. The highest BCUT2D eigenvalue weighted by Crippen LogP contribution is 2.18. The molecule has 1 aromatic rings. The summed E-state index contributed by atoms with van der Waals surface area (Å²) in [6.45, 7) is -0.271. The van der Waals surface area contributed by atoms with E-state index in [0.29, 0.717) is 11.3 Å². The fourth-order valence-corrected chi connectivity index (χ4v) is 0.954. The Balaban J connectivity index is 0.00000144. The van der Waals surface area contributed by atoms with Gasteiger partial charge in [-0.2, -0.15) is 13.5 Å². The molecule has 0 saturated carbocycles. The molecule has 0 spiro atoms. The number of aliphatic hydroxyl groups excluding tert-OH is 2. The summed E-state index contributed by atoms with van der Waals surface area (Å²) in [4.78, 5) is 0. The monoisotopic (exact) mass is 202 g/mol. The molecule has 1 atom stereocenters. The van der Waals surface area contributed by atoms with Gasteiger partial charge >= 0.3 is 0 Å². The van der Waals surface area contributed by atoms with Crippen LogP contribution in [0.25, 0.3) is 0 Å². The van der Waals surface area contributed by atoms with Gasteiger partial charge in [0.25, 0.3) is 0 Å². The van der Waals surface area contributed by atoms with Gasteiger partial charge in [0.1, 0.15) is 11.9 Å². The van der Waals surface area contributed by atoms with Crippen LogP contribution in [0.5, 0.6) is 5.75 Å². The van der Waals surface area contributed by atoms with Crippen LogP contribution in [0.15, 0.2) is 24.3 Å². The van der Waals surface area contributed by atoms with E-state index >= 15 is 0 Å². The van der Waals surface area contributed by atoms with Crippen LogP contribution in [0.4, 0.5) is 0 Å². The summed E-state index contributed by atoms with van der Waals surface area (Å²) >= 11 is 0. The van der Waals surface area contributed by atoms with Gasteiger partial charge in [-0.15, -0.1) is 0 Å². The lowest BCUT2D eigenvalue weighted by atomic mass is 10.1. The van der Waals surface area contributed by atoms with E-state index in [1.54, 1.807) is 31.4 Å². The van der Waals surface area contributed by atoms with Gasteiger partial charge in [0.2, 0.25) is 0 Å². The van der Waals surface area contributed by atoms with E-state index in [1.165, 1.54) is 0 Å². The number of hydrogen-bond acceptors (Lipinski definition) is 3. The van der Waals surface area contributed by atoms with E-state index in [4.69, 9.17) is 9.84 Å². The fourth-order valence-electron chi connectivity index (χ4n) is 0.954. The Morgan fingerprint density at radius 1 is 1.46 bits per heavy atom. The van der Waals surface area contributed by atoms with Gasteiger partial charge in [-0.1, -0.05) is 12.1 Å². The van der Waals surface area contributed by atoms with Crippen molar-refractivity contribution in [2.75, 3.05) is 13.7 Å². The van der Waals surface area contributed by atoms with Crippen molar-refractivity contribution in [3.05, 3.63) is 29.8 Å². The number of rotatable bonds is 3. The minimum Gasteiger partial charge on any atom is -0.497 e. The molecule has 0 unspecified atom stereocenters. The van der Waals surface area contributed by atoms with Crippen LogP contribution < -0.4 is 4.74 Å². The highest BCUT2D eigenvalue weighted by molar-refractivity contribution is 7.59. The number of aliphatic hydroxyl groups is 2. The third kappa shape index (κ3) is 3.26. The van der Waals surface area contributed by atoms with Crippen LogP contribution in [0.1, 0.15) is 11.7 Å². The largest absolute Gasteiger partial charge is 0.497 e. The van der Waals surface area contributed by atoms with Crippen LogP contribution in [-0.2, 0) is 0 Å². The van der Waals surface area contributed by atoms with E-state index < -0.39 is 6.10 Å². The Kier molecular flexibility index (Phi) is 5.53. The van der Waals surface area contributed by atoms with E-state index in [0.717, 1.165) is 0 Å². The van der Waals surface area contributed by atoms with Gasteiger partial charge in [0, 0.05) is 0 Å². The molecule has 0 heterocycles. The number of hydrogen-bond donors (Lipinski definition) is 2. The molecule has 0 aromatic heterocycles. The Hall–Kier alpha value is -0.710. The molecule has 0 aliphatic carbocycles. The van der Waals surface area contributed by atoms with Gasteiger partial charge in [-0.05, 0) is 17.7 Å². The molecule has 3 nitrogen and oxygen atoms in total. The molecule has 74 valence electrons. The van der Waals surface area contributed by atoms with Gasteiger partial charge in [0.15, 0.2) is 0 Å². The first kappa shape index (κ1) is 12.3. The molecule has 13 heavy (non-hydrogen) atoms. The average molecular weight is 202 g/mol. The van der Waals surface area contributed by atoms with Gasteiger partial charge < -0.3 is 14.9 Å². The molecule has 0 aliphatic heterocycles. The third-order valence-electron chi connectivity index (χ3n) is 1.65. The lowest BCUT2D eigenvalue weighted by Gasteiger charge is -2.08. The summed E-state index contributed by atoms with van der Waals surface area (Å²) in [6.07, 6.45) is -0.819. The number of methoxy groups -OCH3 is 1. The van der Waals surface area contributed by atoms with Crippen molar-refractivity contribution in [2.45, 2.75) is 6.10 Å². The van der Waals surface area contributed by atoms with Crippen LogP contribution in [0.3, 0.4) is 0 Å². The van der Waals surface area contributed by atoms with E-state index in [1.807, 2.05) is 0 Å². The molecule has 0 fully saturated rings. The average Bonchev–Trinajstić information content (AvgIpc) is 2.17. The second kappa shape index (κ2) is 5.85. The zero-order valence-corrected chi connectivity index (χ0v) is 8.40. The van der Waals surface area contributed by atoms with Crippen molar-refractivity contribution in [3.63, 3.8) is 0 Å². The van der Waals surface area contributed by atoms with Gasteiger partial charge in [-0.3, -0.25) is 0 Å². The highest BCUT2D eigenvalue weighted by atomic mass is 32.1. The SMILES string of the molecule is COc1cccc([C@H](O)CO)c1.S. The molecule has 1 aromatic carbocycles. The smallest absolute Gasteiger partial charge is 0.119 e. The first-order valence-electron chi connectivity index (χ1n) is 3.71. The summed E-state index contributed by atoms with van der Waals surface area (Å²) in [7, 11) is 1.56. The first-order valence-corrected chi connectivity index (χ1v) is 3.71.